The van der Waals surface area contributed by atoms with Gasteiger partial charge in [-0.3, -0.25) is 0 Å². The van der Waals surface area contributed by atoms with Gasteiger partial charge in [0.15, 0.2) is 0 Å². The fraction of sp³-hybridized carbons (Fsp3) is 0.417. The average Bonchev–Trinajstić information content (AvgIpc) is 2.17. The first-order valence-corrected chi connectivity index (χ1v) is 4.94. The molecule has 0 saturated carbocycles. The average molecular weight is 192 g/mol. The Morgan fingerprint density at radius 1 is 1.36 bits per heavy atom. The third-order valence-electron chi connectivity index (χ3n) is 2.45. The monoisotopic (exact) mass is 192 g/mol. The van der Waals surface area contributed by atoms with Crippen LogP contribution in [-0.4, -0.2) is 11.4 Å². The summed E-state index contributed by atoms with van der Waals surface area (Å²) in [4.78, 5) is 10.3. The minimum atomic E-state index is 0.361. The van der Waals surface area contributed by atoms with Crippen molar-refractivity contribution in [2.24, 2.45) is 0 Å². The highest BCUT2D eigenvalue weighted by atomic mass is 16.3. The van der Waals surface area contributed by atoms with Gasteiger partial charge in [0.25, 0.3) is 0 Å². The summed E-state index contributed by atoms with van der Waals surface area (Å²) in [6.07, 6.45) is 3.06. The molecule has 1 rings (SSSR count). The zero-order valence-corrected chi connectivity index (χ0v) is 8.71. The second-order valence-electron chi connectivity index (χ2n) is 3.47. The van der Waals surface area contributed by atoms with Crippen LogP contribution in [0, 0.1) is 6.92 Å². The number of hydrogen-bond donors (Lipinski definition) is 1. The largest absolute Gasteiger partial charge is 0.508 e. The third kappa shape index (κ3) is 2.34. The van der Waals surface area contributed by atoms with Crippen molar-refractivity contribution < 1.29 is 9.90 Å². The van der Waals surface area contributed by atoms with Gasteiger partial charge in [-0.1, -0.05) is 13.0 Å². The van der Waals surface area contributed by atoms with E-state index in [0.29, 0.717) is 12.2 Å². The molecule has 1 N–H and O–H groups in total. The van der Waals surface area contributed by atoms with Gasteiger partial charge in [-0.2, -0.15) is 0 Å². The summed E-state index contributed by atoms with van der Waals surface area (Å²) in [5.74, 6) is 0.361. The Bertz CT molecular complexity index is 329. The molecule has 0 unspecified atom stereocenters. The zero-order valence-electron chi connectivity index (χ0n) is 8.71. The van der Waals surface area contributed by atoms with Gasteiger partial charge in [0.2, 0.25) is 0 Å². The highest BCUT2D eigenvalue weighted by molar-refractivity contribution is 5.51. The number of hydrogen-bond acceptors (Lipinski definition) is 2. The van der Waals surface area contributed by atoms with Gasteiger partial charge in [-0.05, 0) is 42.5 Å². The molecule has 0 bridgehead atoms. The van der Waals surface area contributed by atoms with Crippen molar-refractivity contribution in [1.29, 1.82) is 0 Å². The van der Waals surface area contributed by atoms with Crippen molar-refractivity contribution in [2.75, 3.05) is 0 Å². The highest BCUT2D eigenvalue weighted by Gasteiger charge is 2.04. The van der Waals surface area contributed by atoms with Crippen LogP contribution in [0.5, 0.6) is 5.75 Å². The quantitative estimate of drug-likeness (QED) is 0.744. The predicted octanol–water partition coefficient (Wildman–Crippen LogP) is 2.39. The van der Waals surface area contributed by atoms with Crippen LogP contribution < -0.4 is 0 Å². The number of phenolic OH excluding ortho intramolecular Hbond substituents is 1. The Morgan fingerprint density at radius 3 is 2.64 bits per heavy atom. The molecule has 0 saturated heterocycles. The number of phenols is 1. The first kappa shape index (κ1) is 10.8. The van der Waals surface area contributed by atoms with Crippen LogP contribution >= 0.6 is 0 Å². The third-order valence-corrected chi connectivity index (χ3v) is 2.45. The Labute approximate surface area is 84.6 Å². The molecule has 2 nitrogen and oxygen atoms in total. The van der Waals surface area contributed by atoms with E-state index in [2.05, 4.69) is 0 Å². The summed E-state index contributed by atoms with van der Waals surface area (Å²) in [5.41, 5.74) is 3.17. The summed E-state index contributed by atoms with van der Waals surface area (Å²) >= 11 is 0. The Hall–Kier alpha value is -1.31. The molecule has 0 amide bonds. The molecule has 0 fully saturated rings. The number of benzene rings is 1. The van der Waals surface area contributed by atoms with Crippen molar-refractivity contribution in [3.8, 4) is 5.75 Å². The highest BCUT2D eigenvalue weighted by Crippen LogP contribution is 2.23. The van der Waals surface area contributed by atoms with Crippen LogP contribution in [0.3, 0.4) is 0 Å². The minimum absolute atomic E-state index is 0.361. The molecule has 0 aliphatic rings. The van der Waals surface area contributed by atoms with E-state index in [0.717, 1.165) is 35.8 Å². The molecule has 0 aliphatic carbocycles. The van der Waals surface area contributed by atoms with Gasteiger partial charge < -0.3 is 9.90 Å². The molecular weight excluding hydrogens is 176 g/mol. The first-order chi connectivity index (χ1) is 6.69. The van der Waals surface area contributed by atoms with Gasteiger partial charge in [-0.25, -0.2) is 0 Å². The fourth-order valence-corrected chi connectivity index (χ4v) is 1.56. The summed E-state index contributed by atoms with van der Waals surface area (Å²) in [7, 11) is 0. The van der Waals surface area contributed by atoms with Crippen LogP contribution in [-0.2, 0) is 17.6 Å². The maximum atomic E-state index is 10.3. The van der Waals surface area contributed by atoms with Crippen molar-refractivity contribution in [3.05, 3.63) is 28.8 Å². The smallest absolute Gasteiger partial charge is 0.120 e. The molecule has 0 aromatic heterocycles. The normalized spacial score (nSPS) is 10.1. The number of carbonyl (C=O) groups is 1. The molecule has 0 radical (unpaired) electrons. The number of aromatic hydroxyl groups is 1. The van der Waals surface area contributed by atoms with Crippen LogP contribution in [0.25, 0.3) is 0 Å². The Kier molecular flexibility index (Phi) is 3.69. The first-order valence-electron chi connectivity index (χ1n) is 4.94. The summed E-state index contributed by atoms with van der Waals surface area (Å²) in [5, 5.41) is 9.57. The lowest BCUT2D eigenvalue weighted by Crippen LogP contribution is -1.93. The van der Waals surface area contributed by atoms with Gasteiger partial charge in [0.1, 0.15) is 12.0 Å². The molecule has 0 spiro atoms. The molecule has 14 heavy (non-hydrogen) atoms. The van der Waals surface area contributed by atoms with Crippen LogP contribution in [0.15, 0.2) is 12.1 Å². The maximum absolute atomic E-state index is 10.3. The molecule has 0 heterocycles. The van der Waals surface area contributed by atoms with Crippen molar-refractivity contribution in [2.45, 2.75) is 33.1 Å². The van der Waals surface area contributed by atoms with E-state index in [-0.39, 0.29) is 0 Å². The van der Waals surface area contributed by atoms with E-state index in [1.54, 1.807) is 6.07 Å². The van der Waals surface area contributed by atoms with Gasteiger partial charge in [-0.15, -0.1) is 0 Å². The number of rotatable bonds is 4. The van der Waals surface area contributed by atoms with Crippen molar-refractivity contribution in [1.82, 2.24) is 0 Å². The molecule has 2 heteroatoms. The molecule has 76 valence electrons. The van der Waals surface area contributed by atoms with Crippen LogP contribution in [0.2, 0.25) is 0 Å². The molecule has 1 aromatic rings. The van der Waals surface area contributed by atoms with E-state index in [1.807, 2.05) is 19.9 Å². The predicted molar refractivity (Wildman–Crippen MR) is 56.6 cm³/mol. The van der Waals surface area contributed by atoms with Gasteiger partial charge in [0, 0.05) is 6.42 Å². The van der Waals surface area contributed by atoms with Gasteiger partial charge in [0.05, 0.1) is 0 Å². The van der Waals surface area contributed by atoms with Crippen LogP contribution in [0.1, 0.15) is 30.0 Å². The van der Waals surface area contributed by atoms with Gasteiger partial charge >= 0.3 is 0 Å². The summed E-state index contributed by atoms with van der Waals surface area (Å²) in [6.45, 7) is 3.97. The lowest BCUT2D eigenvalue weighted by atomic mass is 9.99. The minimum Gasteiger partial charge on any atom is -0.508 e. The summed E-state index contributed by atoms with van der Waals surface area (Å²) in [6, 6.07) is 3.77. The van der Waals surface area contributed by atoms with Crippen molar-refractivity contribution in [3.63, 3.8) is 0 Å². The van der Waals surface area contributed by atoms with E-state index in [4.69, 9.17) is 0 Å². The summed E-state index contributed by atoms with van der Waals surface area (Å²) < 4.78 is 0. The second kappa shape index (κ2) is 4.80. The Balaban J connectivity index is 2.98. The van der Waals surface area contributed by atoms with E-state index < -0.39 is 0 Å². The molecular formula is C12H16O2. The molecule has 0 atom stereocenters. The van der Waals surface area contributed by atoms with Crippen LogP contribution in [0.4, 0.5) is 0 Å². The maximum Gasteiger partial charge on any atom is 0.120 e. The molecule has 0 aliphatic heterocycles. The zero-order chi connectivity index (χ0) is 10.6. The second-order valence-corrected chi connectivity index (χ2v) is 3.47. The van der Waals surface area contributed by atoms with E-state index in [9.17, 15) is 9.90 Å². The SMILES string of the molecule is CCc1cc(CCC=O)c(C)cc1O. The molecule has 1 aromatic carbocycles. The topological polar surface area (TPSA) is 37.3 Å². The number of carbonyl (C=O) groups excluding carboxylic acids is 1. The Morgan fingerprint density at radius 2 is 2.07 bits per heavy atom. The number of aryl methyl sites for hydroxylation is 3. The van der Waals surface area contributed by atoms with E-state index >= 15 is 0 Å². The lowest BCUT2D eigenvalue weighted by molar-refractivity contribution is -0.107. The van der Waals surface area contributed by atoms with E-state index in [1.165, 1.54) is 0 Å². The lowest BCUT2D eigenvalue weighted by Gasteiger charge is -2.08. The fourth-order valence-electron chi connectivity index (χ4n) is 1.56. The number of aldehydes is 1. The standard InChI is InChI=1S/C12H16O2/c1-3-10-8-11(5-4-6-13)9(2)7-12(10)14/h6-8,14H,3-5H2,1-2H3. The van der Waals surface area contributed by atoms with Crippen molar-refractivity contribution >= 4 is 6.29 Å².